The fourth-order valence-electron chi connectivity index (χ4n) is 2.26. The predicted octanol–water partition coefficient (Wildman–Crippen LogP) is 2.57. The lowest BCUT2D eigenvalue weighted by Gasteiger charge is -2.12. The highest BCUT2D eigenvalue weighted by Crippen LogP contribution is 2.33. The average molecular weight is 286 g/mol. The zero-order valence-corrected chi connectivity index (χ0v) is 11.9. The molecule has 5 heteroatoms. The molecule has 4 nitrogen and oxygen atoms in total. The van der Waals surface area contributed by atoms with E-state index in [9.17, 15) is 5.11 Å². The zero-order chi connectivity index (χ0) is 13.7. The van der Waals surface area contributed by atoms with Crippen LogP contribution in [0.15, 0.2) is 12.1 Å². The number of ether oxygens (including phenoxy) is 2. The van der Waals surface area contributed by atoms with Gasteiger partial charge in [0.2, 0.25) is 0 Å². The maximum Gasteiger partial charge on any atom is 0.162 e. The molecule has 1 aliphatic heterocycles. The van der Waals surface area contributed by atoms with Gasteiger partial charge in [-0.05, 0) is 31.4 Å². The van der Waals surface area contributed by atoms with Crippen molar-refractivity contribution in [3.63, 3.8) is 0 Å². The summed E-state index contributed by atoms with van der Waals surface area (Å²) >= 11 is 5.98. The number of rotatable bonds is 6. The molecule has 0 spiro atoms. The molecule has 0 radical (unpaired) electrons. The van der Waals surface area contributed by atoms with Crippen LogP contribution in [-0.2, 0) is 11.3 Å². The zero-order valence-electron chi connectivity index (χ0n) is 11.1. The first-order valence-corrected chi connectivity index (χ1v) is 6.92. The lowest BCUT2D eigenvalue weighted by atomic mass is 10.1. The van der Waals surface area contributed by atoms with Crippen LogP contribution >= 0.6 is 11.6 Å². The van der Waals surface area contributed by atoms with Crippen LogP contribution in [0.5, 0.6) is 11.5 Å². The molecule has 0 saturated carbocycles. The molecule has 2 rings (SSSR count). The molecule has 19 heavy (non-hydrogen) atoms. The summed E-state index contributed by atoms with van der Waals surface area (Å²) in [5.41, 5.74) is 0.757. The van der Waals surface area contributed by atoms with E-state index in [-0.39, 0.29) is 5.75 Å². The van der Waals surface area contributed by atoms with Gasteiger partial charge in [0.1, 0.15) is 0 Å². The van der Waals surface area contributed by atoms with Crippen LogP contribution in [0.2, 0.25) is 5.02 Å². The van der Waals surface area contributed by atoms with E-state index in [0.717, 1.165) is 38.2 Å². The van der Waals surface area contributed by atoms with E-state index in [1.807, 2.05) is 0 Å². The standard InChI is InChI=1S/C14H20ClNO3/c1-18-13-7-12(15)6-11(14(13)17)8-16-4-2-10-3-5-19-9-10/h6-7,10,16-17H,2-5,8-9H2,1H3. The summed E-state index contributed by atoms with van der Waals surface area (Å²) in [5, 5.41) is 13.9. The van der Waals surface area contributed by atoms with Crippen LogP contribution < -0.4 is 10.1 Å². The van der Waals surface area contributed by atoms with Crippen LogP contribution in [0.4, 0.5) is 0 Å². The Kier molecular flexibility index (Phi) is 5.31. The maximum absolute atomic E-state index is 9.98. The van der Waals surface area contributed by atoms with E-state index >= 15 is 0 Å². The molecule has 106 valence electrons. The lowest BCUT2D eigenvalue weighted by Crippen LogP contribution is -2.18. The van der Waals surface area contributed by atoms with Gasteiger partial charge in [-0.15, -0.1) is 0 Å². The molecule has 1 heterocycles. The summed E-state index contributed by atoms with van der Waals surface area (Å²) in [7, 11) is 1.52. The van der Waals surface area contributed by atoms with Gasteiger partial charge in [0, 0.05) is 36.4 Å². The SMILES string of the molecule is COc1cc(Cl)cc(CNCCC2CCOC2)c1O. The van der Waals surface area contributed by atoms with E-state index in [4.69, 9.17) is 21.1 Å². The molecule has 1 aromatic carbocycles. The van der Waals surface area contributed by atoms with Gasteiger partial charge in [-0.1, -0.05) is 11.6 Å². The van der Waals surface area contributed by atoms with Gasteiger partial charge in [0.15, 0.2) is 11.5 Å². The minimum absolute atomic E-state index is 0.156. The molecule has 0 aliphatic carbocycles. The van der Waals surface area contributed by atoms with Gasteiger partial charge < -0.3 is 19.9 Å². The van der Waals surface area contributed by atoms with E-state index in [0.29, 0.717) is 23.2 Å². The number of phenolic OH excluding ortho intramolecular Hbond substituents is 1. The van der Waals surface area contributed by atoms with Crippen molar-refractivity contribution < 1.29 is 14.6 Å². The van der Waals surface area contributed by atoms with Gasteiger partial charge in [0.05, 0.1) is 7.11 Å². The Bertz CT molecular complexity index is 419. The summed E-state index contributed by atoms with van der Waals surface area (Å²) in [5.74, 6) is 1.23. The Morgan fingerprint density at radius 1 is 1.53 bits per heavy atom. The first-order chi connectivity index (χ1) is 9.20. The molecule has 1 unspecified atom stereocenters. The van der Waals surface area contributed by atoms with Crippen molar-refractivity contribution in [2.24, 2.45) is 5.92 Å². The number of phenols is 1. The minimum atomic E-state index is 0.156. The highest BCUT2D eigenvalue weighted by atomic mass is 35.5. The molecule has 1 atom stereocenters. The van der Waals surface area contributed by atoms with Crippen molar-refractivity contribution in [2.45, 2.75) is 19.4 Å². The molecule has 2 N–H and O–H groups in total. The molecule has 0 bridgehead atoms. The van der Waals surface area contributed by atoms with Crippen molar-refractivity contribution in [3.8, 4) is 11.5 Å². The van der Waals surface area contributed by atoms with Crippen molar-refractivity contribution >= 4 is 11.6 Å². The number of aromatic hydroxyl groups is 1. The van der Waals surface area contributed by atoms with E-state index in [1.54, 1.807) is 12.1 Å². The minimum Gasteiger partial charge on any atom is -0.504 e. The quantitative estimate of drug-likeness (QED) is 0.789. The fraction of sp³-hybridized carbons (Fsp3) is 0.571. The molecule has 1 aliphatic rings. The molecule has 1 saturated heterocycles. The van der Waals surface area contributed by atoms with Crippen molar-refractivity contribution in [1.82, 2.24) is 5.32 Å². The number of hydrogen-bond acceptors (Lipinski definition) is 4. The van der Waals surface area contributed by atoms with Crippen LogP contribution in [0, 0.1) is 5.92 Å². The van der Waals surface area contributed by atoms with Gasteiger partial charge in [-0.3, -0.25) is 0 Å². The fourth-order valence-corrected chi connectivity index (χ4v) is 2.49. The van der Waals surface area contributed by atoms with Crippen molar-refractivity contribution in [2.75, 3.05) is 26.9 Å². The second-order valence-corrected chi connectivity index (χ2v) is 5.25. The van der Waals surface area contributed by atoms with Gasteiger partial charge in [-0.2, -0.15) is 0 Å². The highest BCUT2D eigenvalue weighted by Gasteiger charge is 2.15. The molecular weight excluding hydrogens is 266 g/mol. The largest absolute Gasteiger partial charge is 0.504 e. The Balaban J connectivity index is 1.83. The molecule has 0 amide bonds. The first kappa shape index (κ1) is 14.4. The van der Waals surface area contributed by atoms with Crippen LogP contribution in [0.1, 0.15) is 18.4 Å². The molecule has 1 aromatic rings. The second kappa shape index (κ2) is 6.98. The van der Waals surface area contributed by atoms with Crippen molar-refractivity contribution in [1.29, 1.82) is 0 Å². The molecule has 1 fully saturated rings. The highest BCUT2D eigenvalue weighted by molar-refractivity contribution is 6.30. The summed E-state index contributed by atoms with van der Waals surface area (Å²) in [6.45, 7) is 3.24. The monoisotopic (exact) mass is 285 g/mol. The van der Waals surface area contributed by atoms with Gasteiger partial charge in [0.25, 0.3) is 0 Å². The number of hydrogen-bond donors (Lipinski definition) is 2. The van der Waals surface area contributed by atoms with E-state index in [1.165, 1.54) is 7.11 Å². The molecule has 0 aromatic heterocycles. The van der Waals surface area contributed by atoms with E-state index < -0.39 is 0 Å². The topological polar surface area (TPSA) is 50.7 Å². The number of methoxy groups -OCH3 is 1. The number of nitrogens with one attached hydrogen (secondary N) is 1. The third kappa shape index (κ3) is 4.00. The summed E-state index contributed by atoms with van der Waals surface area (Å²) in [6, 6.07) is 3.36. The Morgan fingerprint density at radius 3 is 3.05 bits per heavy atom. The van der Waals surface area contributed by atoms with Crippen LogP contribution in [0.3, 0.4) is 0 Å². The number of halogens is 1. The number of benzene rings is 1. The lowest BCUT2D eigenvalue weighted by molar-refractivity contribution is 0.184. The first-order valence-electron chi connectivity index (χ1n) is 6.54. The third-order valence-corrected chi connectivity index (χ3v) is 3.63. The summed E-state index contributed by atoms with van der Waals surface area (Å²) < 4.78 is 10.4. The molecular formula is C14H20ClNO3. The van der Waals surface area contributed by atoms with Crippen LogP contribution in [-0.4, -0.2) is 32.0 Å². The Hall–Kier alpha value is -0.970. The Morgan fingerprint density at radius 2 is 2.37 bits per heavy atom. The van der Waals surface area contributed by atoms with Gasteiger partial charge in [-0.25, -0.2) is 0 Å². The smallest absolute Gasteiger partial charge is 0.162 e. The summed E-state index contributed by atoms with van der Waals surface area (Å²) in [4.78, 5) is 0. The predicted molar refractivity (Wildman–Crippen MR) is 74.9 cm³/mol. The van der Waals surface area contributed by atoms with Crippen LogP contribution in [0.25, 0.3) is 0 Å². The maximum atomic E-state index is 9.98. The average Bonchev–Trinajstić information content (AvgIpc) is 2.91. The van der Waals surface area contributed by atoms with Crippen molar-refractivity contribution in [3.05, 3.63) is 22.7 Å². The normalized spacial score (nSPS) is 18.7. The van der Waals surface area contributed by atoms with E-state index in [2.05, 4.69) is 5.32 Å². The summed E-state index contributed by atoms with van der Waals surface area (Å²) in [6.07, 6.45) is 2.25. The second-order valence-electron chi connectivity index (χ2n) is 4.81. The van der Waals surface area contributed by atoms with Gasteiger partial charge >= 0.3 is 0 Å². The Labute approximate surface area is 118 Å². The third-order valence-electron chi connectivity index (χ3n) is 3.41.